The van der Waals surface area contributed by atoms with Gasteiger partial charge in [0.1, 0.15) is 18.0 Å². The number of morpholine rings is 1. The van der Waals surface area contributed by atoms with E-state index in [1.165, 1.54) is 22.8 Å². The van der Waals surface area contributed by atoms with Crippen LogP contribution < -0.4 is 11.4 Å². The van der Waals surface area contributed by atoms with Crippen molar-refractivity contribution in [1.29, 1.82) is 0 Å². The average molecular weight is 404 g/mol. The number of nitrogens with two attached hydrogens (primary N) is 1. The molecule has 26 heavy (non-hydrogen) atoms. The summed E-state index contributed by atoms with van der Waals surface area (Å²) < 4.78 is 17.8. The average Bonchev–Trinajstić information content (AvgIpc) is 2.99. The maximum Gasteiger partial charge on any atom is 0.351 e. The molecule has 0 saturated carbocycles. The van der Waals surface area contributed by atoms with Gasteiger partial charge in [-0.05, 0) is 25.2 Å². The molecule has 2 aliphatic heterocycles. The molecular formula is C14H21N4O6PS. The smallest absolute Gasteiger partial charge is 0.351 e. The standard InChI is InChI=1S/C14H21N4O6PS/c1-5-14-9(24-25(21,26)22-4)8(17(3)12(14)19)11(23-14)18-6-7(2)10(15)16-13(18)20/h6,8-9,11H,5H2,1-4H3,(H,21,26)(H2,15,16,20)/t8?,9?,11-,14-,25?/m1/s1. The van der Waals surface area contributed by atoms with Crippen molar-refractivity contribution in [2.75, 3.05) is 19.9 Å². The molecular weight excluding hydrogens is 383 g/mol. The second-order valence-electron chi connectivity index (χ2n) is 6.33. The van der Waals surface area contributed by atoms with Crippen molar-refractivity contribution in [2.45, 2.75) is 44.2 Å². The van der Waals surface area contributed by atoms with Crippen LogP contribution in [-0.2, 0) is 30.4 Å². The van der Waals surface area contributed by atoms with E-state index in [0.29, 0.717) is 5.56 Å². The van der Waals surface area contributed by atoms with Crippen molar-refractivity contribution >= 4 is 30.3 Å². The van der Waals surface area contributed by atoms with Gasteiger partial charge in [-0.25, -0.2) is 4.79 Å². The minimum absolute atomic E-state index is 0.127. The Morgan fingerprint density at radius 2 is 2.19 bits per heavy atom. The van der Waals surface area contributed by atoms with Crippen LogP contribution in [0.4, 0.5) is 5.82 Å². The Balaban J connectivity index is 2.10. The summed E-state index contributed by atoms with van der Waals surface area (Å²) in [5, 5.41) is 0. The first-order valence-electron chi connectivity index (χ1n) is 7.95. The van der Waals surface area contributed by atoms with Crippen molar-refractivity contribution < 1.29 is 23.5 Å². The van der Waals surface area contributed by atoms with Crippen LogP contribution in [0, 0.1) is 6.92 Å². The van der Waals surface area contributed by atoms with E-state index in [-0.39, 0.29) is 18.1 Å². The van der Waals surface area contributed by atoms with E-state index in [0.717, 1.165) is 0 Å². The molecule has 10 nitrogen and oxygen atoms in total. The van der Waals surface area contributed by atoms with Gasteiger partial charge in [-0.2, -0.15) is 4.98 Å². The summed E-state index contributed by atoms with van der Waals surface area (Å²) in [6.07, 6.45) is 0.0488. The third-order valence-corrected chi connectivity index (χ3v) is 6.63. The number of hydrogen-bond donors (Lipinski definition) is 2. The summed E-state index contributed by atoms with van der Waals surface area (Å²) in [7, 11) is 2.82. The number of anilines is 1. The number of aromatic nitrogens is 2. The lowest BCUT2D eigenvalue weighted by Gasteiger charge is -2.34. The van der Waals surface area contributed by atoms with E-state index >= 15 is 0 Å². The van der Waals surface area contributed by atoms with E-state index in [2.05, 4.69) is 4.98 Å². The van der Waals surface area contributed by atoms with Gasteiger partial charge in [0.2, 0.25) is 0 Å². The lowest BCUT2D eigenvalue weighted by atomic mass is 9.96. The first-order valence-corrected chi connectivity index (χ1v) is 10.5. The number of carbonyl (C=O) groups is 1. The maximum atomic E-state index is 12.7. The Morgan fingerprint density at radius 3 is 2.77 bits per heavy atom. The van der Waals surface area contributed by atoms with E-state index in [1.807, 2.05) is 0 Å². The van der Waals surface area contributed by atoms with Crippen molar-refractivity contribution in [2.24, 2.45) is 0 Å². The van der Waals surface area contributed by atoms with Gasteiger partial charge in [0.15, 0.2) is 11.8 Å². The normalized spacial score (nSPS) is 32.9. The van der Waals surface area contributed by atoms with E-state index < -0.39 is 36.4 Å². The number of hydrogen-bond acceptors (Lipinski definition) is 8. The number of nitrogen functional groups attached to an aromatic ring is 1. The van der Waals surface area contributed by atoms with E-state index in [9.17, 15) is 14.5 Å². The molecule has 3 N–H and O–H groups in total. The van der Waals surface area contributed by atoms with Crippen LogP contribution in [-0.4, -0.2) is 57.2 Å². The summed E-state index contributed by atoms with van der Waals surface area (Å²) in [6.45, 7) is -0.0916. The molecule has 3 rings (SSSR count). The number of fused-ring (bicyclic) bond motifs is 2. The highest BCUT2D eigenvalue weighted by Gasteiger charge is 2.69. The van der Waals surface area contributed by atoms with Gasteiger partial charge in [-0.1, -0.05) is 6.92 Å². The molecule has 0 radical (unpaired) electrons. The molecule has 3 heterocycles. The molecule has 2 aliphatic rings. The topological polar surface area (TPSA) is 129 Å². The quantitative estimate of drug-likeness (QED) is 0.646. The van der Waals surface area contributed by atoms with Crippen molar-refractivity contribution in [3.8, 4) is 0 Å². The van der Waals surface area contributed by atoms with Crippen LogP contribution >= 0.6 is 6.72 Å². The van der Waals surface area contributed by atoms with Crippen LogP contribution in [0.1, 0.15) is 25.1 Å². The van der Waals surface area contributed by atoms with Gasteiger partial charge in [0, 0.05) is 25.9 Å². The van der Waals surface area contributed by atoms with Crippen LogP contribution in [0.3, 0.4) is 0 Å². The highest BCUT2D eigenvalue weighted by Crippen LogP contribution is 2.56. The number of ether oxygens (including phenoxy) is 1. The molecule has 1 amide bonds. The second kappa shape index (κ2) is 6.36. The summed E-state index contributed by atoms with van der Waals surface area (Å²) in [5.41, 5.74) is 4.30. The zero-order valence-electron chi connectivity index (χ0n) is 14.8. The molecule has 0 aliphatic carbocycles. The Bertz CT molecular complexity index is 862. The number of aryl methyl sites for hydroxylation is 1. The van der Waals surface area contributed by atoms with Gasteiger partial charge in [0.25, 0.3) is 5.91 Å². The van der Waals surface area contributed by atoms with Crippen LogP contribution in [0.5, 0.6) is 0 Å². The van der Waals surface area contributed by atoms with Gasteiger partial charge >= 0.3 is 12.4 Å². The molecule has 2 fully saturated rings. The van der Waals surface area contributed by atoms with Crippen molar-refractivity contribution in [3.05, 3.63) is 22.2 Å². The zero-order valence-corrected chi connectivity index (χ0v) is 16.5. The van der Waals surface area contributed by atoms with Crippen LogP contribution in [0.25, 0.3) is 0 Å². The predicted octanol–water partition coefficient (Wildman–Crippen LogP) is -0.0995. The van der Waals surface area contributed by atoms with E-state index in [1.54, 1.807) is 20.9 Å². The Morgan fingerprint density at radius 1 is 1.54 bits per heavy atom. The second-order valence-corrected chi connectivity index (χ2v) is 9.23. The Labute approximate surface area is 155 Å². The van der Waals surface area contributed by atoms with Crippen LogP contribution in [0.2, 0.25) is 0 Å². The predicted molar refractivity (Wildman–Crippen MR) is 95.7 cm³/mol. The molecule has 144 valence electrons. The molecule has 2 saturated heterocycles. The van der Waals surface area contributed by atoms with Gasteiger partial charge < -0.3 is 24.8 Å². The summed E-state index contributed by atoms with van der Waals surface area (Å²) in [5.74, 6) is -0.174. The van der Waals surface area contributed by atoms with E-state index in [4.69, 9.17) is 31.3 Å². The fraction of sp³-hybridized carbons (Fsp3) is 0.643. The highest BCUT2D eigenvalue weighted by molar-refractivity contribution is 8.07. The lowest BCUT2D eigenvalue weighted by Crippen LogP contribution is -2.50. The number of amides is 1. The molecule has 0 aromatic carbocycles. The highest BCUT2D eigenvalue weighted by atomic mass is 32.5. The Kier molecular flexibility index (Phi) is 4.75. The number of carbonyl (C=O) groups excluding carboxylic acids is 1. The third-order valence-electron chi connectivity index (χ3n) is 4.97. The first-order chi connectivity index (χ1) is 12.1. The summed E-state index contributed by atoms with van der Waals surface area (Å²) in [4.78, 5) is 40.4. The Hall–Kier alpha value is -1.36. The molecule has 3 unspecified atom stereocenters. The van der Waals surface area contributed by atoms with Crippen LogP contribution in [0.15, 0.2) is 11.0 Å². The molecule has 12 heteroatoms. The number of likely N-dealkylation sites (tertiary alicyclic amines) is 1. The fourth-order valence-corrected chi connectivity index (χ4v) is 4.48. The molecule has 2 bridgehead atoms. The molecule has 0 spiro atoms. The first kappa shape index (κ1) is 19.4. The summed E-state index contributed by atoms with van der Waals surface area (Å²) in [6, 6.07) is -0.686. The van der Waals surface area contributed by atoms with Gasteiger partial charge in [-0.15, -0.1) is 0 Å². The minimum Gasteiger partial charge on any atom is -0.383 e. The molecule has 1 aromatic heterocycles. The van der Waals surface area contributed by atoms with Gasteiger partial charge in [0.05, 0.1) is 0 Å². The van der Waals surface area contributed by atoms with Gasteiger partial charge in [-0.3, -0.25) is 13.9 Å². The molecule has 1 aromatic rings. The number of rotatable bonds is 5. The molecule has 5 atom stereocenters. The van der Waals surface area contributed by atoms with Crippen molar-refractivity contribution in [3.63, 3.8) is 0 Å². The SMILES string of the molecule is CC[C@@]12O[C@@H](n3cc(C)c(N)nc3=O)C(C1OP(O)(=S)OC)N(C)C2=O. The monoisotopic (exact) mass is 404 g/mol. The summed E-state index contributed by atoms with van der Waals surface area (Å²) >= 11 is 4.95. The van der Waals surface area contributed by atoms with Crippen molar-refractivity contribution in [1.82, 2.24) is 14.5 Å². The fourth-order valence-electron chi connectivity index (χ4n) is 3.53. The lowest BCUT2D eigenvalue weighted by molar-refractivity contribution is -0.175. The maximum absolute atomic E-state index is 12.7. The number of likely N-dealkylation sites (N-methyl/N-ethyl adjacent to an activating group) is 1. The number of nitrogens with zero attached hydrogens (tertiary/aromatic N) is 3. The minimum atomic E-state index is -3.56. The third kappa shape index (κ3) is 2.70. The zero-order chi connectivity index (χ0) is 19.4. The largest absolute Gasteiger partial charge is 0.383 e.